The Bertz CT molecular complexity index is 397. The van der Waals surface area contributed by atoms with Crippen LogP contribution in [0.4, 0.5) is 0 Å². The molecule has 2 rings (SSSR count). The molecule has 3 heteroatoms. The molecule has 2 nitrogen and oxygen atoms in total. The summed E-state index contributed by atoms with van der Waals surface area (Å²) >= 11 is 1.95. The number of nitrogens with zero attached hydrogens (tertiary/aromatic N) is 1. The van der Waals surface area contributed by atoms with Crippen molar-refractivity contribution in [2.45, 2.75) is 78.3 Å². The van der Waals surface area contributed by atoms with Crippen LogP contribution in [0.3, 0.4) is 0 Å². The topological polar surface area (TPSA) is 24.9 Å². The van der Waals surface area contributed by atoms with Gasteiger partial charge in [-0.2, -0.15) is 0 Å². The van der Waals surface area contributed by atoms with E-state index in [1.807, 2.05) is 11.3 Å². The summed E-state index contributed by atoms with van der Waals surface area (Å²) in [7, 11) is 0. The van der Waals surface area contributed by atoms with Crippen molar-refractivity contribution < 1.29 is 0 Å². The van der Waals surface area contributed by atoms with Crippen LogP contribution in [0.2, 0.25) is 0 Å². The third-order valence-electron chi connectivity index (χ3n) is 4.29. The van der Waals surface area contributed by atoms with Crippen LogP contribution in [-0.2, 0) is 6.54 Å². The van der Waals surface area contributed by atoms with Gasteiger partial charge < -0.3 is 5.32 Å². The minimum absolute atomic E-state index is 0.545. The van der Waals surface area contributed by atoms with Crippen molar-refractivity contribution in [3.05, 3.63) is 15.6 Å². The predicted molar refractivity (Wildman–Crippen MR) is 83.8 cm³/mol. The highest BCUT2D eigenvalue weighted by molar-refractivity contribution is 7.11. The molecule has 0 bridgehead atoms. The second kappa shape index (κ2) is 6.85. The highest BCUT2D eigenvalue weighted by atomic mass is 32.1. The van der Waals surface area contributed by atoms with E-state index in [9.17, 15) is 0 Å². The maximum atomic E-state index is 4.86. The van der Waals surface area contributed by atoms with Crippen molar-refractivity contribution in [2.24, 2.45) is 5.92 Å². The number of hydrogen-bond acceptors (Lipinski definition) is 3. The van der Waals surface area contributed by atoms with E-state index in [4.69, 9.17) is 4.98 Å². The van der Waals surface area contributed by atoms with E-state index in [0.717, 1.165) is 18.4 Å². The molecule has 0 saturated heterocycles. The van der Waals surface area contributed by atoms with E-state index in [1.165, 1.54) is 47.7 Å². The average Bonchev–Trinajstić information content (AvgIpc) is 2.78. The van der Waals surface area contributed by atoms with Crippen molar-refractivity contribution in [3.8, 4) is 0 Å². The van der Waals surface area contributed by atoms with Crippen LogP contribution in [0.5, 0.6) is 0 Å². The van der Waals surface area contributed by atoms with Gasteiger partial charge in [0.25, 0.3) is 0 Å². The van der Waals surface area contributed by atoms with Crippen LogP contribution in [0.1, 0.15) is 74.4 Å². The number of thiazole rings is 1. The monoisotopic (exact) mass is 280 g/mol. The highest BCUT2D eigenvalue weighted by Gasteiger charge is 2.25. The lowest BCUT2D eigenvalue weighted by atomic mass is 9.80. The Morgan fingerprint density at radius 3 is 2.84 bits per heavy atom. The molecule has 0 radical (unpaired) electrons. The van der Waals surface area contributed by atoms with E-state index >= 15 is 0 Å². The summed E-state index contributed by atoms with van der Waals surface area (Å²) in [5, 5.41) is 4.91. The standard InChI is InChI=1S/C16H28N2S/c1-5-13-7-6-8-14(9-13)16-18-12(4)15(19-16)10-17-11(2)3/h11,13-14,17H,5-10H2,1-4H3. The van der Waals surface area contributed by atoms with Crippen LogP contribution in [0, 0.1) is 12.8 Å². The predicted octanol–water partition coefficient (Wildman–Crippen LogP) is 4.63. The zero-order chi connectivity index (χ0) is 13.8. The first-order chi connectivity index (χ1) is 9.10. The Kier molecular flexibility index (Phi) is 5.40. The molecular weight excluding hydrogens is 252 g/mol. The minimum Gasteiger partial charge on any atom is -0.310 e. The Labute approximate surface area is 122 Å². The van der Waals surface area contributed by atoms with Crippen LogP contribution < -0.4 is 5.32 Å². The summed E-state index contributed by atoms with van der Waals surface area (Å²) < 4.78 is 0. The van der Waals surface area contributed by atoms with Gasteiger partial charge in [0.05, 0.1) is 10.7 Å². The lowest BCUT2D eigenvalue weighted by Crippen LogP contribution is -2.21. The molecule has 1 aliphatic rings. The molecule has 2 unspecified atom stereocenters. The zero-order valence-electron chi connectivity index (χ0n) is 12.8. The van der Waals surface area contributed by atoms with E-state index in [0.29, 0.717) is 6.04 Å². The van der Waals surface area contributed by atoms with Crippen molar-refractivity contribution in [1.29, 1.82) is 0 Å². The average molecular weight is 280 g/mol. The lowest BCUT2D eigenvalue weighted by Gasteiger charge is -2.26. The Hall–Kier alpha value is -0.410. The van der Waals surface area contributed by atoms with Gasteiger partial charge in [-0.15, -0.1) is 11.3 Å². The summed E-state index contributed by atoms with van der Waals surface area (Å²) in [6.45, 7) is 9.87. The van der Waals surface area contributed by atoms with Gasteiger partial charge in [0.15, 0.2) is 0 Å². The SMILES string of the molecule is CCC1CCCC(c2nc(C)c(CNC(C)C)s2)C1. The van der Waals surface area contributed by atoms with Crippen molar-refractivity contribution in [1.82, 2.24) is 10.3 Å². The quantitative estimate of drug-likeness (QED) is 0.850. The summed E-state index contributed by atoms with van der Waals surface area (Å²) in [6, 6.07) is 0.545. The Balaban J connectivity index is 2.02. The fraction of sp³-hybridized carbons (Fsp3) is 0.812. The summed E-state index contributed by atoms with van der Waals surface area (Å²) in [5.74, 6) is 1.66. The molecule has 0 amide bonds. The molecule has 108 valence electrons. The number of rotatable bonds is 5. The second-order valence-electron chi connectivity index (χ2n) is 6.23. The number of aryl methyl sites for hydroxylation is 1. The Morgan fingerprint density at radius 2 is 2.16 bits per heavy atom. The van der Waals surface area contributed by atoms with Gasteiger partial charge in [0.2, 0.25) is 0 Å². The van der Waals surface area contributed by atoms with Gasteiger partial charge in [0.1, 0.15) is 0 Å². The number of nitrogens with one attached hydrogen (secondary N) is 1. The van der Waals surface area contributed by atoms with Gasteiger partial charge in [-0.05, 0) is 25.7 Å². The lowest BCUT2D eigenvalue weighted by molar-refractivity contribution is 0.314. The normalized spacial score (nSPS) is 24.1. The molecule has 0 aliphatic heterocycles. The largest absolute Gasteiger partial charge is 0.310 e. The molecule has 1 aromatic heterocycles. The Morgan fingerprint density at radius 1 is 1.37 bits per heavy atom. The van der Waals surface area contributed by atoms with E-state index < -0.39 is 0 Å². The van der Waals surface area contributed by atoms with Crippen molar-refractivity contribution in [2.75, 3.05) is 0 Å². The smallest absolute Gasteiger partial charge is 0.0962 e. The fourth-order valence-corrected chi connectivity index (χ4v) is 4.14. The van der Waals surface area contributed by atoms with Crippen molar-refractivity contribution in [3.63, 3.8) is 0 Å². The molecule has 19 heavy (non-hydrogen) atoms. The maximum absolute atomic E-state index is 4.86. The van der Waals surface area contributed by atoms with Gasteiger partial charge in [-0.3, -0.25) is 0 Å². The molecule has 1 aliphatic carbocycles. The maximum Gasteiger partial charge on any atom is 0.0962 e. The third kappa shape index (κ3) is 4.03. The fourth-order valence-electron chi connectivity index (χ4n) is 2.97. The summed E-state index contributed by atoms with van der Waals surface area (Å²) in [6.07, 6.45) is 6.87. The van der Waals surface area contributed by atoms with E-state index in [-0.39, 0.29) is 0 Å². The van der Waals surface area contributed by atoms with Gasteiger partial charge >= 0.3 is 0 Å². The molecule has 0 aromatic carbocycles. The first-order valence-corrected chi connectivity index (χ1v) is 8.61. The van der Waals surface area contributed by atoms with E-state index in [2.05, 4.69) is 33.0 Å². The van der Waals surface area contributed by atoms with Crippen LogP contribution in [-0.4, -0.2) is 11.0 Å². The van der Waals surface area contributed by atoms with Crippen LogP contribution in [0.25, 0.3) is 0 Å². The molecule has 2 atom stereocenters. The van der Waals surface area contributed by atoms with Crippen molar-refractivity contribution >= 4 is 11.3 Å². The second-order valence-corrected chi connectivity index (χ2v) is 7.35. The molecule has 1 fully saturated rings. The molecular formula is C16H28N2S. The molecule has 0 spiro atoms. The van der Waals surface area contributed by atoms with Crippen LogP contribution in [0.15, 0.2) is 0 Å². The zero-order valence-corrected chi connectivity index (χ0v) is 13.6. The number of aromatic nitrogens is 1. The number of hydrogen-bond donors (Lipinski definition) is 1. The van der Waals surface area contributed by atoms with Gasteiger partial charge in [-0.25, -0.2) is 4.98 Å². The first kappa shape index (κ1) is 15.0. The molecule has 1 N–H and O–H groups in total. The van der Waals surface area contributed by atoms with E-state index in [1.54, 1.807) is 0 Å². The van der Waals surface area contributed by atoms with Crippen LogP contribution >= 0.6 is 11.3 Å². The minimum atomic E-state index is 0.545. The molecule has 1 aromatic rings. The van der Waals surface area contributed by atoms with Gasteiger partial charge in [-0.1, -0.05) is 40.0 Å². The molecule has 1 heterocycles. The third-order valence-corrected chi connectivity index (χ3v) is 5.61. The molecule has 1 saturated carbocycles. The summed E-state index contributed by atoms with van der Waals surface area (Å²) in [4.78, 5) is 6.29. The van der Waals surface area contributed by atoms with Gasteiger partial charge in [0, 0.05) is 23.4 Å². The summed E-state index contributed by atoms with van der Waals surface area (Å²) in [5.41, 5.74) is 1.24. The first-order valence-electron chi connectivity index (χ1n) is 7.79. The highest BCUT2D eigenvalue weighted by Crippen LogP contribution is 2.39.